The molecule has 36 heavy (non-hydrogen) atoms. The highest BCUT2D eigenvalue weighted by atomic mass is 19.4. The Balaban J connectivity index is 1.31. The number of rotatable bonds is 3. The van der Waals surface area contributed by atoms with Gasteiger partial charge >= 0.3 is 12.2 Å². The monoisotopic (exact) mass is 511 g/mol. The molecule has 3 aliphatic heterocycles. The Labute approximate surface area is 206 Å². The molecule has 1 saturated heterocycles. The van der Waals surface area contributed by atoms with E-state index in [0.29, 0.717) is 18.9 Å². The van der Waals surface area contributed by atoms with Gasteiger partial charge in [-0.3, -0.25) is 9.98 Å². The van der Waals surface area contributed by atoms with Crippen LogP contribution in [0.25, 0.3) is 0 Å². The van der Waals surface area contributed by atoms with Crippen LogP contribution in [0, 0.1) is 17.8 Å². The third-order valence-corrected chi connectivity index (χ3v) is 7.78. The zero-order chi connectivity index (χ0) is 25.4. The lowest BCUT2D eigenvalue weighted by Gasteiger charge is -2.36. The maximum absolute atomic E-state index is 14.9. The van der Waals surface area contributed by atoms with E-state index < -0.39 is 47.7 Å². The third-order valence-electron chi connectivity index (χ3n) is 7.78. The lowest BCUT2D eigenvalue weighted by atomic mass is 9.77. The normalized spacial score (nSPS) is 36.2. The van der Waals surface area contributed by atoms with Gasteiger partial charge in [0.2, 0.25) is 0 Å². The molecule has 3 heterocycles. The van der Waals surface area contributed by atoms with Gasteiger partial charge in [0.1, 0.15) is 5.83 Å². The minimum absolute atomic E-state index is 0.107. The number of hydrogen-bond donors (Lipinski definition) is 2. The van der Waals surface area contributed by atoms with E-state index in [4.69, 9.17) is 0 Å². The molecule has 0 aromatic heterocycles. The lowest BCUT2D eigenvalue weighted by molar-refractivity contribution is -0.168. The van der Waals surface area contributed by atoms with E-state index in [9.17, 15) is 26.7 Å². The molecule has 7 unspecified atom stereocenters. The molecule has 0 aromatic rings. The van der Waals surface area contributed by atoms with Gasteiger partial charge in [-0.25, -0.2) is 13.6 Å². The zero-order valence-corrected chi connectivity index (χ0v) is 19.7. The van der Waals surface area contributed by atoms with E-state index in [2.05, 4.69) is 20.6 Å². The number of carbonyl (C=O) groups excluding carboxylic acids is 1. The van der Waals surface area contributed by atoms with E-state index >= 15 is 0 Å². The Bertz CT molecular complexity index is 1010. The zero-order valence-electron chi connectivity index (χ0n) is 19.7. The van der Waals surface area contributed by atoms with Crippen molar-refractivity contribution in [2.24, 2.45) is 27.7 Å². The molecule has 0 aromatic carbocycles. The molecule has 0 spiro atoms. The summed E-state index contributed by atoms with van der Waals surface area (Å²) < 4.78 is 70.6. The lowest BCUT2D eigenvalue weighted by Crippen LogP contribution is -2.50. The quantitative estimate of drug-likeness (QED) is 0.544. The maximum atomic E-state index is 14.9. The van der Waals surface area contributed by atoms with Crippen molar-refractivity contribution in [3.8, 4) is 0 Å². The Morgan fingerprint density at radius 3 is 2.53 bits per heavy atom. The molecule has 2 fully saturated rings. The van der Waals surface area contributed by atoms with Crippen LogP contribution in [0.15, 0.2) is 45.9 Å². The Morgan fingerprint density at radius 2 is 1.78 bits per heavy atom. The van der Waals surface area contributed by atoms with Gasteiger partial charge in [0, 0.05) is 43.2 Å². The molecule has 2 aliphatic carbocycles. The van der Waals surface area contributed by atoms with Crippen LogP contribution >= 0.6 is 0 Å². The van der Waals surface area contributed by atoms with Crippen LogP contribution in [-0.4, -0.2) is 66.4 Å². The molecule has 11 heteroatoms. The smallest absolute Gasteiger partial charge is 0.365 e. The van der Waals surface area contributed by atoms with Crippen molar-refractivity contribution in [3.63, 3.8) is 0 Å². The first kappa shape index (κ1) is 25.0. The predicted molar refractivity (Wildman–Crippen MR) is 126 cm³/mol. The van der Waals surface area contributed by atoms with Crippen LogP contribution in [0.4, 0.5) is 26.7 Å². The third kappa shape index (κ3) is 5.20. The maximum Gasteiger partial charge on any atom is 0.397 e. The van der Waals surface area contributed by atoms with Crippen LogP contribution in [0.5, 0.6) is 0 Å². The van der Waals surface area contributed by atoms with E-state index in [1.807, 2.05) is 0 Å². The number of fused-ring (bicyclic) bond motifs is 1. The molecule has 196 valence electrons. The van der Waals surface area contributed by atoms with Crippen molar-refractivity contribution in [2.45, 2.75) is 68.9 Å². The number of alkyl halides is 3. The summed E-state index contributed by atoms with van der Waals surface area (Å²) in [5.41, 5.74) is 0. The average molecular weight is 512 g/mol. The fourth-order valence-electron chi connectivity index (χ4n) is 5.94. The van der Waals surface area contributed by atoms with Crippen LogP contribution in [0.1, 0.15) is 38.5 Å². The number of carbonyl (C=O) groups is 1. The summed E-state index contributed by atoms with van der Waals surface area (Å²) in [6, 6.07) is -2.28. The Morgan fingerprint density at radius 1 is 1.03 bits per heavy atom. The predicted octanol–water partition coefficient (Wildman–Crippen LogP) is 4.61. The summed E-state index contributed by atoms with van der Waals surface area (Å²) in [6.07, 6.45) is 6.07. The molecule has 5 aliphatic rings. The molecule has 7 atom stereocenters. The van der Waals surface area contributed by atoms with Gasteiger partial charge in [-0.1, -0.05) is 6.08 Å². The number of dihydropyridines is 1. The number of allylic oxidation sites excluding steroid dienone is 2. The highest BCUT2D eigenvalue weighted by molar-refractivity contribution is 5.97. The molecule has 1 saturated carbocycles. The van der Waals surface area contributed by atoms with Crippen LogP contribution in [-0.2, 0) is 0 Å². The SMILES string of the molecule is O=C(NC1CCCC(NC2=NC(C3C=NC4C=CC(F)=CC43)C(C(F)(F)F)C=C2F)C1)N1CCCC1. The van der Waals surface area contributed by atoms with E-state index in [1.165, 1.54) is 24.4 Å². The van der Waals surface area contributed by atoms with Gasteiger partial charge in [0.05, 0.1) is 18.0 Å². The first-order valence-corrected chi connectivity index (χ1v) is 12.6. The van der Waals surface area contributed by atoms with Gasteiger partial charge in [0.25, 0.3) is 0 Å². The van der Waals surface area contributed by atoms with E-state index in [-0.39, 0.29) is 24.0 Å². The van der Waals surface area contributed by atoms with Crippen molar-refractivity contribution in [2.75, 3.05) is 13.1 Å². The number of aliphatic imine (C=N–C) groups is 2. The number of nitrogens with one attached hydrogen (secondary N) is 2. The van der Waals surface area contributed by atoms with Gasteiger partial charge in [-0.15, -0.1) is 0 Å². The number of halogens is 5. The largest absolute Gasteiger partial charge is 0.397 e. The highest BCUT2D eigenvalue weighted by Gasteiger charge is 2.51. The Kier molecular flexibility index (Phi) is 6.91. The summed E-state index contributed by atoms with van der Waals surface area (Å²) in [7, 11) is 0. The number of nitrogens with zero attached hydrogens (tertiary/aromatic N) is 3. The molecule has 2 amide bonds. The minimum atomic E-state index is -4.72. The highest BCUT2D eigenvalue weighted by Crippen LogP contribution is 2.43. The number of amides is 2. The van der Waals surface area contributed by atoms with Crippen molar-refractivity contribution in [3.05, 3.63) is 36.0 Å². The summed E-state index contributed by atoms with van der Waals surface area (Å²) in [4.78, 5) is 22.7. The molecule has 5 rings (SSSR count). The number of urea groups is 1. The van der Waals surface area contributed by atoms with Gasteiger partial charge in [-0.2, -0.15) is 13.2 Å². The van der Waals surface area contributed by atoms with Crippen molar-refractivity contribution < 1.29 is 26.7 Å². The molecule has 0 bridgehead atoms. The van der Waals surface area contributed by atoms with Gasteiger partial charge in [0.15, 0.2) is 11.7 Å². The first-order chi connectivity index (χ1) is 17.2. The number of hydrogen-bond acceptors (Lipinski definition) is 4. The number of likely N-dealkylation sites (tertiary alicyclic amines) is 1. The second-order valence-electron chi connectivity index (χ2n) is 10.3. The summed E-state index contributed by atoms with van der Waals surface area (Å²) in [5, 5.41) is 6.05. The number of amidine groups is 1. The van der Waals surface area contributed by atoms with Gasteiger partial charge in [-0.05, 0) is 56.8 Å². The second kappa shape index (κ2) is 9.97. The fraction of sp³-hybridized carbons (Fsp3) is 0.640. The first-order valence-electron chi connectivity index (χ1n) is 12.6. The standard InChI is InChI=1S/C25H30F5N5O/c26-14-6-7-21-17(10-14)18(13-31-21)22-19(25(28,29)30)12-20(27)23(34-22)32-15-4-3-5-16(11-15)33-24(36)35-8-1-2-9-35/h6-7,10,12-13,15-19,21-22H,1-5,8-9,11H2,(H,32,34)(H,33,36). The molecular formula is C25H30F5N5O. The van der Waals surface area contributed by atoms with E-state index in [0.717, 1.165) is 38.8 Å². The van der Waals surface area contributed by atoms with Crippen LogP contribution < -0.4 is 10.6 Å². The Hall–Kier alpha value is -2.72. The van der Waals surface area contributed by atoms with Crippen molar-refractivity contribution >= 4 is 18.1 Å². The average Bonchev–Trinajstić information content (AvgIpc) is 3.50. The summed E-state index contributed by atoms with van der Waals surface area (Å²) in [6.45, 7) is 1.46. The van der Waals surface area contributed by atoms with Crippen molar-refractivity contribution in [1.82, 2.24) is 15.5 Å². The molecule has 0 radical (unpaired) electrons. The molecular weight excluding hydrogens is 481 g/mol. The second-order valence-corrected chi connectivity index (χ2v) is 10.3. The van der Waals surface area contributed by atoms with E-state index in [1.54, 1.807) is 4.90 Å². The topological polar surface area (TPSA) is 69.1 Å². The summed E-state index contributed by atoms with van der Waals surface area (Å²) >= 11 is 0. The minimum Gasteiger partial charge on any atom is -0.365 e. The fourth-order valence-corrected chi connectivity index (χ4v) is 5.94. The summed E-state index contributed by atoms with van der Waals surface area (Å²) in [5.74, 6) is -5.36. The van der Waals surface area contributed by atoms with Gasteiger partial charge < -0.3 is 15.5 Å². The molecule has 6 nitrogen and oxygen atoms in total. The van der Waals surface area contributed by atoms with Crippen molar-refractivity contribution in [1.29, 1.82) is 0 Å². The molecule has 2 N–H and O–H groups in total. The van der Waals surface area contributed by atoms with Crippen LogP contribution in [0.2, 0.25) is 0 Å². The van der Waals surface area contributed by atoms with Crippen LogP contribution in [0.3, 0.4) is 0 Å².